The Morgan fingerprint density at radius 3 is 2.79 bits per heavy atom. The lowest BCUT2D eigenvalue weighted by Gasteiger charge is -2.04. The highest BCUT2D eigenvalue weighted by molar-refractivity contribution is 5.94. The molecular weight excluding hydrogens is 180 g/mol. The maximum Gasteiger partial charge on any atom is 0.331 e. The monoisotopic (exact) mass is 192 g/mol. The van der Waals surface area contributed by atoms with Crippen LogP contribution in [-0.2, 0) is 4.79 Å². The molecule has 1 aromatic rings. The third-order valence-corrected chi connectivity index (χ3v) is 2.08. The Hall–Kier alpha value is -1.84. The van der Waals surface area contributed by atoms with Crippen molar-refractivity contribution in [3.8, 4) is 0 Å². The maximum atomic E-state index is 10.7. The van der Waals surface area contributed by atoms with Crippen LogP contribution >= 0.6 is 0 Å². The number of hydrogen-bond donors (Lipinski definition) is 1. The Balaban J connectivity index is 3.24. The zero-order valence-electron chi connectivity index (χ0n) is 8.19. The molecule has 1 rings (SSSR count). The molecule has 1 heterocycles. The van der Waals surface area contributed by atoms with Gasteiger partial charge in [0.15, 0.2) is 0 Å². The van der Waals surface area contributed by atoms with Gasteiger partial charge >= 0.3 is 5.97 Å². The van der Waals surface area contributed by atoms with Crippen LogP contribution in [0.25, 0.3) is 11.8 Å². The summed E-state index contributed by atoms with van der Waals surface area (Å²) in [6.07, 6.45) is 4.91. The van der Waals surface area contributed by atoms with Gasteiger partial charge in [0.25, 0.3) is 0 Å². The molecule has 0 spiro atoms. The smallest absolute Gasteiger partial charge is 0.331 e. The van der Waals surface area contributed by atoms with Crippen LogP contribution in [0.1, 0.15) is 19.7 Å². The van der Waals surface area contributed by atoms with Gasteiger partial charge in [0.2, 0.25) is 0 Å². The van der Waals surface area contributed by atoms with E-state index in [2.05, 4.69) is 11.6 Å². The minimum atomic E-state index is -0.930. The van der Waals surface area contributed by atoms with Gasteiger partial charge in [-0.3, -0.25) is 0 Å². The number of aromatic nitrogens is 2. The first-order valence-electron chi connectivity index (χ1n) is 4.14. The van der Waals surface area contributed by atoms with Gasteiger partial charge in [-0.1, -0.05) is 6.58 Å². The van der Waals surface area contributed by atoms with Crippen molar-refractivity contribution in [3.63, 3.8) is 0 Å². The lowest BCUT2D eigenvalue weighted by Crippen LogP contribution is -2.02. The summed E-state index contributed by atoms with van der Waals surface area (Å²) in [7, 11) is 0. The molecule has 0 amide bonds. The highest BCUT2D eigenvalue weighted by atomic mass is 16.4. The van der Waals surface area contributed by atoms with Crippen molar-refractivity contribution in [2.45, 2.75) is 13.8 Å². The Kier molecular flexibility index (Phi) is 2.86. The number of carboxylic acids is 1. The quantitative estimate of drug-likeness (QED) is 0.743. The number of imidazole rings is 1. The average molecular weight is 192 g/mol. The van der Waals surface area contributed by atoms with Gasteiger partial charge < -0.3 is 9.67 Å². The van der Waals surface area contributed by atoms with E-state index in [-0.39, 0.29) is 0 Å². The van der Waals surface area contributed by atoms with Crippen molar-refractivity contribution >= 4 is 17.7 Å². The first-order valence-corrected chi connectivity index (χ1v) is 4.14. The van der Waals surface area contributed by atoms with E-state index >= 15 is 0 Å². The summed E-state index contributed by atoms with van der Waals surface area (Å²) >= 11 is 0. The lowest BCUT2D eigenvalue weighted by atomic mass is 10.1. The second-order valence-electron chi connectivity index (χ2n) is 2.90. The van der Waals surface area contributed by atoms with Gasteiger partial charge in [-0.05, 0) is 13.8 Å². The summed E-state index contributed by atoms with van der Waals surface area (Å²) in [5.41, 5.74) is 0.932. The Bertz CT molecular complexity index is 402. The summed E-state index contributed by atoms with van der Waals surface area (Å²) in [5, 5.41) is 8.79. The molecule has 0 radical (unpaired) electrons. The number of rotatable bonds is 3. The van der Waals surface area contributed by atoms with Gasteiger partial charge in [-0.15, -0.1) is 0 Å². The van der Waals surface area contributed by atoms with Gasteiger partial charge in [0.05, 0.1) is 0 Å². The minimum Gasteiger partial charge on any atom is -0.478 e. The molecule has 1 N–H and O–H groups in total. The fourth-order valence-electron chi connectivity index (χ4n) is 1.08. The first kappa shape index (κ1) is 10.2. The van der Waals surface area contributed by atoms with E-state index in [9.17, 15) is 4.79 Å². The zero-order chi connectivity index (χ0) is 10.7. The second-order valence-corrected chi connectivity index (χ2v) is 2.90. The van der Waals surface area contributed by atoms with Crippen LogP contribution in [0.3, 0.4) is 0 Å². The molecule has 1 aromatic heterocycles. The lowest BCUT2D eigenvalue weighted by molar-refractivity contribution is -0.132. The molecule has 0 fully saturated rings. The molecule has 0 aliphatic carbocycles. The van der Waals surface area contributed by atoms with E-state index in [0.29, 0.717) is 17.0 Å². The van der Waals surface area contributed by atoms with Crippen molar-refractivity contribution in [1.29, 1.82) is 0 Å². The predicted octanol–water partition coefficient (Wildman–Crippen LogP) is 1.86. The van der Waals surface area contributed by atoms with Gasteiger partial charge in [-0.25, -0.2) is 9.78 Å². The standard InChI is InChI=1S/C10H12N2O2/c1-4-12-6-5-11-9(12)7(2)8(3)10(13)14/h4-6H,1H2,2-3H3,(H,13,14). The summed E-state index contributed by atoms with van der Waals surface area (Å²) in [6, 6.07) is 0. The fraction of sp³-hybridized carbons (Fsp3) is 0.200. The zero-order valence-corrected chi connectivity index (χ0v) is 8.19. The number of carbonyl (C=O) groups is 1. The molecule has 4 heteroatoms. The van der Waals surface area contributed by atoms with Crippen LogP contribution in [0, 0.1) is 0 Å². The number of carboxylic acid groups (broad SMARTS) is 1. The van der Waals surface area contributed by atoms with Crippen LogP contribution in [0.15, 0.2) is 24.5 Å². The van der Waals surface area contributed by atoms with Gasteiger partial charge in [0.1, 0.15) is 5.82 Å². The highest BCUT2D eigenvalue weighted by Gasteiger charge is 2.10. The third-order valence-electron chi connectivity index (χ3n) is 2.08. The topological polar surface area (TPSA) is 55.1 Å². The number of nitrogens with zero attached hydrogens (tertiary/aromatic N) is 2. The van der Waals surface area contributed by atoms with Crippen molar-refractivity contribution in [2.24, 2.45) is 0 Å². The van der Waals surface area contributed by atoms with E-state index in [4.69, 9.17) is 5.11 Å². The summed E-state index contributed by atoms with van der Waals surface area (Å²) in [4.78, 5) is 14.8. The molecule has 0 atom stereocenters. The largest absolute Gasteiger partial charge is 0.478 e. The normalized spacial score (nSPS) is 12.1. The summed E-state index contributed by atoms with van der Waals surface area (Å²) in [5.74, 6) is -0.319. The third kappa shape index (κ3) is 1.74. The van der Waals surface area contributed by atoms with Gasteiger partial charge in [-0.2, -0.15) is 0 Å². The van der Waals surface area contributed by atoms with E-state index in [1.807, 2.05) is 0 Å². The molecule has 0 bridgehead atoms. The highest BCUT2D eigenvalue weighted by Crippen LogP contribution is 2.16. The molecule has 0 unspecified atom stereocenters. The molecule has 0 aliphatic rings. The van der Waals surface area contributed by atoms with E-state index in [0.717, 1.165) is 0 Å². The molecule has 4 nitrogen and oxygen atoms in total. The van der Waals surface area contributed by atoms with Crippen molar-refractivity contribution in [2.75, 3.05) is 0 Å². The predicted molar refractivity (Wildman–Crippen MR) is 54.5 cm³/mol. The van der Waals surface area contributed by atoms with E-state index in [1.165, 1.54) is 0 Å². The fourth-order valence-corrected chi connectivity index (χ4v) is 1.08. The van der Waals surface area contributed by atoms with Crippen LogP contribution in [-0.4, -0.2) is 20.6 Å². The van der Waals surface area contributed by atoms with Crippen molar-refractivity contribution in [1.82, 2.24) is 9.55 Å². The van der Waals surface area contributed by atoms with E-state index < -0.39 is 5.97 Å². The van der Waals surface area contributed by atoms with Crippen LogP contribution in [0.4, 0.5) is 0 Å². The molecule has 0 saturated heterocycles. The Labute approximate surface area is 82.2 Å². The maximum absolute atomic E-state index is 10.7. The molecule has 0 saturated carbocycles. The number of hydrogen-bond acceptors (Lipinski definition) is 2. The van der Waals surface area contributed by atoms with Crippen LogP contribution < -0.4 is 0 Å². The molecule has 14 heavy (non-hydrogen) atoms. The number of allylic oxidation sites excluding steroid dienone is 1. The molecule has 0 aromatic carbocycles. The van der Waals surface area contributed by atoms with Crippen LogP contribution in [0.5, 0.6) is 0 Å². The molecule has 0 aliphatic heterocycles. The first-order chi connectivity index (χ1) is 6.57. The summed E-state index contributed by atoms with van der Waals surface area (Å²) < 4.78 is 1.68. The Morgan fingerprint density at radius 1 is 1.64 bits per heavy atom. The van der Waals surface area contributed by atoms with Gasteiger partial charge in [0, 0.05) is 29.7 Å². The van der Waals surface area contributed by atoms with E-state index in [1.54, 1.807) is 37.0 Å². The second kappa shape index (κ2) is 3.91. The SMILES string of the molecule is C=Cn1ccnc1C(C)=C(C)C(=O)O. The minimum absolute atomic E-state index is 0.291. The van der Waals surface area contributed by atoms with Crippen molar-refractivity contribution < 1.29 is 9.90 Å². The Morgan fingerprint density at radius 2 is 2.29 bits per heavy atom. The molecule has 74 valence electrons. The average Bonchev–Trinajstić information content (AvgIpc) is 2.62. The number of aliphatic carboxylic acids is 1. The molecular formula is C10H12N2O2. The van der Waals surface area contributed by atoms with Crippen LogP contribution in [0.2, 0.25) is 0 Å². The van der Waals surface area contributed by atoms with Crippen molar-refractivity contribution in [3.05, 3.63) is 30.4 Å². The summed E-state index contributed by atoms with van der Waals surface area (Å²) in [6.45, 7) is 6.89.